The van der Waals surface area contributed by atoms with E-state index in [9.17, 15) is 0 Å². The van der Waals surface area contributed by atoms with Crippen molar-refractivity contribution in [2.45, 2.75) is 40.2 Å². The van der Waals surface area contributed by atoms with Gasteiger partial charge in [0.25, 0.3) is 0 Å². The van der Waals surface area contributed by atoms with Crippen molar-refractivity contribution in [3.8, 4) is 0 Å². The van der Waals surface area contributed by atoms with Gasteiger partial charge in [0.05, 0.1) is 5.69 Å². The third-order valence-electron chi connectivity index (χ3n) is 2.90. The number of nitrogens with zero attached hydrogens (tertiary/aromatic N) is 3. The molecule has 1 unspecified atom stereocenters. The Balaban J connectivity index is 2.95. The number of aromatic nitrogens is 2. The minimum Gasteiger partial charge on any atom is -0.356 e. The lowest BCUT2D eigenvalue weighted by Gasteiger charge is -2.25. The first-order valence-corrected chi connectivity index (χ1v) is 6.88. The molecular formula is C14H28N4. The Morgan fingerprint density at radius 2 is 2.06 bits per heavy atom. The molecule has 0 aliphatic rings. The molecule has 0 aliphatic heterocycles. The summed E-state index contributed by atoms with van der Waals surface area (Å²) in [5.41, 5.74) is 1.08. The van der Waals surface area contributed by atoms with Gasteiger partial charge in [0.1, 0.15) is 0 Å². The van der Waals surface area contributed by atoms with E-state index < -0.39 is 0 Å². The van der Waals surface area contributed by atoms with Crippen LogP contribution in [0.2, 0.25) is 0 Å². The second kappa shape index (κ2) is 6.78. The molecule has 4 heteroatoms. The second-order valence-electron chi connectivity index (χ2n) is 5.69. The van der Waals surface area contributed by atoms with Crippen molar-refractivity contribution in [1.29, 1.82) is 0 Å². The fourth-order valence-electron chi connectivity index (χ4n) is 2.33. The van der Waals surface area contributed by atoms with Crippen LogP contribution in [0, 0.1) is 12.8 Å². The zero-order chi connectivity index (χ0) is 13.7. The average Bonchev–Trinajstić information content (AvgIpc) is 2.57. The third-order valence-corrected chi connectivity index (χ3v) is 2.90. The van der Waals surface area contributed by atoms with Gasteiger partial charge in [0.2, 0.25) is 5.95 Å². The summed E-state index contributed by atoms with van der Waals surface area (Å²) in [6.45, 7) is 10.7. The summed E-state index contributed by atoms with van der Waals surface area (Å²) >= 11 is 0. The summed E-state index contributed by atoms with van der Waals surface area (Å²) in [5.74, 6) is 1.69. The van der Waals surface area contributed by atoms with E-state index >= 15 is 0 Å². The summed E-state index contributed by atoms with van der Waals surface area (Å²) in [4.78, 5) is 6.82. The van der Waals surface area contributed by atoms with Gasteiger partial charge in [-0.05, 0) is 40.3 Å². The average molecular weight is 252 g/mol. The van der Waals surface area contributed by atoms with Crippen LogP contribution in [0.25, 0.3) is 0 Å². The molecule has 1 aromatic rings. The minimum absolute atomic E-state index is 0.482. The van der Waals surface area contributed by atoms with Crippen molar-refractivity contribution in [2.24, 2.45) is 5.92 Å². The van der Waals surface area contributed by atoms with Gasteiger partial charge in [-0.25, -0.2) is 4.98 Å². The third kappa shape index (κ3) is 4.33. The summed E-state index contributed by atoms with van der Waals surface area (Å²) in [6, 6.07) is 0.482. The largest absolute Gasteiger partial charge is 0.356 e. The maximum absolute atomic E-state index is 4.57. The number of imidazole rings is 1. The van der Waals surface area contributed by atoms with Crippen LogP contribution in [0.4, 0.5) is 5.95 Å². The fourth-order valence-corrected chi connectivity index (χ4v) is 2.33. The molecule has 1 aromatic heterocycles. The van der Waals surface area contributed by atoms with E-state index in [1.165, 1.54) is 6.42 Å². The minimum atomic E-state index is 0.482. The van der Waals surface area contributed by atoms with Crippen molar-refractivity contribution in [2.75, 3.05) is 32.5 Å². The number of aryl methyl sites for hydroxylation is 1. The zero-order valence-corrected chi connectivity index (χ0v) is 12.7. The topological polar surface area (TPSA) is 33.1 Å². The molecule has 0 aromatic carbocycles. The molecule has 1 rings (SSSR count). The van der Waals surface area contributed by atoms with Crippen molar-refractivity contribution in [3.63, 3.8) is 0 Å². The standard InChI is InChI=1S/C14H28N4/c1-7-15-14-16-12(4)9-18(14)13(8-11(2)3)10-17(5)6/h9,11,13H,7-8,10H2,1-6H3,(H,15,16). The zero-order valence-electron chi connectivity index (χ0n) is 12.7. The maximum Gasteiger partial charge on any atom is 0.203 e. The van der Waals surface area contributed by atoms with E-state index in [0.29, 0.717) is 12.0 Å². The molecule has 104 valence electrons. The summed E-state index contributed by atoms with van der Waals surface area (Å²) in [7, 11) is 4.26. The number of likely N-dealkylation sites (N-methyl/N-ethyl adjacent to an activating group) is 1. The van der Waals surface area contributed by atoms with Crippen LogP contribution in [0.3, 0.4) is 0 Å². The van der Waals surface area contributed by atoms with Crippen LogP contribution in [0.5, 0.6) is 0 Å². The summed E-state index contributed by atoms with van der Waals surface area (Å²) in [6.07, 6.45) is 3.33. The van der Waals surface area contributed by atoms with Gasteiger partial charge < -0.3 is 14.8 Å². The van der Waals surface area contributed by atoms with Crippen LogP contribution in [0.1, 0.15) is 38.9 Å². The van der Waals surface area contributed by atoms with Gasteiger partial charge in [-0.3, -0.25) is 0 Å². The molecule has 1 N–H and O–H groups in total. The van der Waals surface area contributed by atoms with E-state index in [2.05, 4.69) is 67.8 Å². The van der Waals surface area contributed by atoms with E-state index in [1.54, 1.807) is 0 Å². The van der Waals surface area contributed by atoms with Crippen LogP contribution in [0.15, 0.2) is 6.20 Å². The quantitative estimate of drug-likeness (QED) is 0.810. The molecule has 4 nitrogen and oxygen atoms in total. The first-order valence-electron chi connectivity index (χ1n) is 6.88. The first kappa shape index (κ1) is 15.0. The molecule has 18 heavy (non-hydrogen) atoms. The lowest BCUT2D eigenvalue weighted by Crippen LogP contribution is -2.26. The van der Waals surface area contributed by atoms with E-state index in [-0.39, 0.29) is 0 Å². The Morgan fingerprint density at radius 3 is 2.56 bits per heavy atom. The van der Waals surface area contributed by atoms with E-state index in [1.807, 2.05) is 0 Å². The highest BCUT2D eigenvalue weighted by Gasteiger charge is 2.17. The molecule has 0 fully saturated rings. The number of hydrogen-bond acceptors (Lipinski definition) is 3. The molecule has 0 spiro atoms. The van der Waals surface area contributed by atoms with Crippen LogP contribution in [-0.2, 0) is 0 Å². The molecule has 1 atom stereocenters. The molecule has 1 heterocycles. The number of anilines is 1. The molecule has 0 radical (unpaired) electrons. The molecule has 0 saturated heterocycles. The van der Waals surface area contributed by atoms with Crippen LogP contribution in [-0.4, -0.2) is 41.6 Å². The molecule has 0 bridgehead atoms. The number of nitrogens with one attached hydrogen (secondary N) is 1. The van der Waals surface area contributed by atoms with Gasteiger partial charge >= 0.3 is 0 Å². The van der Waals surface area contributed by atoms with Crippen molar-refractivity contribution in [1.82, 2.24) is 14.5 Å². The highest BCUT2D eigenvalue weighted by molar-refractivity contribution is 5.29. The monoisotopic (exact) mass is 252 g/mol. The van der Waals surface area contributed by atoms with Gasteiger partial charge in [0, 0.05) is 25.3 Å². The normalized spacial score (nSPS) is 13.3. The molecule has 0 aliphatic carbocycles. The summed E-state index contributed by atoms with van der Waals surface area (Å²) in [5, 5.41) is 3.36. The van der Waals surface area contributed by atoms with Gasteiger partial charge in [-0.1, -0.05) is 13.8 Å². The van der Waals surface area contributed by atoms with E-state index in [0.717, 1.165) is 24.7 Å². The molecule has 0 amide bonds. The van der Waals surface area contributed by atoms with Gasteiger partial charge in [0.15, 0.2) is 0 Å². The molecule has 0 saturated carbocycles. The van der Waals surface area contributed by atoms with Crippen molar-refractivity contribution < 1.29 is 0 Å². The highest BCUT2D eigenvalue weighted by atomic mass is 15.2. The maximum atomic E-state index is 4.57. The van der Waals surface area contributed by atoms with Crippen LogP contribution >= 0.6 is 0 Å². The van der Waals surface area contributed by atoms with Gasteiger partial charge in [-0.15, -0.1) is 0 Å². The Hall–Kier alpha value is -1.03. The van der Waals surface area contributed by atoms with Gasteiger partial charge in [-0.2, -0.15) is 0 Å². The Labute approximate surface area is 111 Å². The Bertz CT molecular complexity index is 345. The Morgan fingerprint density at radius 1 is 1.39 bits per heavy atom. The number of hydrogen-bond donors (Lipinski definition) is 1. The fraction of sp³-hybridized carbons (Fsp3) is 0.786. The van der Waals surface area contributed by atoms with Crippen molar-refractivity contribution >= 4 is 5.95 Å². The predicted molar refractivity (Wildman–Crippen MR) is 78.2 cm³/mol. The lowest BCUT2D eigenvalue weighted by molar-refractivity contribution is 0.290. The summed E-state index contributed by atoms with van der Waals surface area (Å²) < 4.78 is 2.30. The second-order valence-corrected chi connectivity index (χ2v) is 5.69. The number of rotatable bonds is 7. The highest BCUT2D eigenvalue weighted by Crippen LogP contribution is 2.23. The Kier molecular flexibility index (Phi) is 5.66. The lowest BCUT2D eigenvalue weighted by atomic mass is 10.0. The first-order chi connectivity index (χ1) is 8.43. The van der Waals surface area contributed by atoms with Crippen molar-refractivity contribution in [3.05, 3.63) is 11.9 Å². The van der Waals surface area contributed by atoms with Crippen LogP contribution < -0.4 is 5.32 Å². The molecular weight excluding hydrogens is 224 g/mol. The smallest absolute Gasteiger partial charge is 0.203 e. The van der Waals surface area contributed by atoms with E-state index in [4.69, 9.17) is 0 Å². The predicted octanol–water partition coefficient (Wildman–Crippen LogP) is 2.77. The SMILES string of the molecule is CCNc1nc(C)cn1C(CC(C)C)CN(C)C.